The number of aromatic nitrogens is 3. The highest BCUT2D eigenvalue weighted by Crippen LogP contribution is 2.34. The third kappa shape index (κ3) is 3.34. The van der Waals surface area contributed by atoms with Gasteiger partial charge in [0.1, 0.15) is 6.04 Å². The number of hydrogen-bond acceptors (Lipinski definition) is 4. The fourth-order valence-electron chi connectivity index (χ4n) is 2.76. The molecule has 0 unspecified atom stereocenters. The molecule has 0 radical (unpaired) electrons. The van der Waals surface area contributed by atoms with Gasteiger partial charge in [-0.3, -0.25) is 0 Å². The smallest absolute Gasteiger partial charge is 0.227 e. The molecule has 1 aromatic heterocycles. The highest BCUT2D eigenvalue weighted by molar-refractivity contribution is 9.10. The average molecular weight is 434 g/mol. The van der Waals surface area contributed by atoms with Crippen molar-refractivity contribution in [3.05, 3.63) is 75.2 Å². The van der Waals surface area contributed by atoms with Crippen LogP contribution in [0.3, 0.4) is 0 Å². The van der Waals surface area contributed by atoms with Gasteiger partial charge in [-0.25, -0.2) is 4.68 Å². The summed E-state index contributed by atoms with van der Waals surface area (Å²) in [4.78, 5) is 4.58. The number of halogens is 2. The lowest BCUT2D eigenvalue weighted by Crippen LogP contribution is -2.20. The molecule has 126 valence electrons. The summed E-state index contributed by atoms with van der Waals surface area (Å²) >= 11 is 11.0. The number of rotatable bonds is 3. The van der Waals surface area contributed by atoms with E-state index >= 15 is 0 Å². The van der Waals surface area contributed by atoms with Gasteiger partial charge in [-0.15, -0.1) is 5.10 Å². The number of benzene rings is 2. The maximum Gasteiger partial charge on any atom is 0.227 e. The van der Waals surface area contributed by atoms with Gasteiger partial charge in [0.05, 0.1) is 0 Å². The van der Waals surface area contributed by atoms with E-state index in [9.17, 15) is 0 Å². The molecule has 0 amide bonds. The minimum absolute atomic E-state index is 0.0246. The van der Waals surface area contributed by atoms with Crippen molar-refractivity contribution in [1.29, 1.82) is 0 Å². The minimum Gasteiger partial charge on any atom is -0.324 e. The Balaban J connectivity index is 1.81. The summed E-state index contributed by atoms with van der Waals surface area (Å²) in [5.41, 5.74) is 3.21. The second-order valence-electron chi connectivity index (χ2n) is 5.58. The van der Waals surface area contributed by atoms with Crippen LogP contribution in [0.4, 0.5) is 5.95 Å². The number of anilines is 1. The molecule has 1 atom stereocenters. The zero-order valence-electron chi connectivity index (χ0n) is 13.3. The molecular formula is C18H14BrClN4S. The number of fused-ring (bicyclic) bond motifs is 1. The summed E-state index contributed by atoms with van der Waals surface area (Å²) in [6.45, 7) is 0. The van der Waals surface area contributed by atoms with E-state index in [1.54, 1.807) is 0 Å². The van der Waals surface area contributed by atoms with Crippen LogP contribution in [0.5, 0.6) is 0 Å². The van der Waals surface area contributed by atoms with Gasteiger partial charge >= 0.3 is 0 Å². The molecule has 1 aliphatic heterocycles. The lowest BCUT2D eigenvalue weighted by atomic mass is 10.0. The Kier molecular flexibility index (Phi) is 4.58. The first-order valence-corrected chi connectivity index (χ1v) is 10.0. The number of allylic oxidation sites excluding steroid dienone is 1. The zero-order chi connectivity index (χ0) is 17.4. The lowest BCUT2D eigenvalue weighted by molar-refractivity contribution is 0.598. The van der Waals surface area contributed by atoms with Crippen molar-refractivity contribution in [2.24, 2.45) is 0 Å². The highest BCUT2D eigenvalue weighted by Gasteiger charge is 2.25. The first kappa shape index (κ1) is 16.7. The summed E-state index contributed by atoms with van der Waals surface area (Å²) in [5.74, 6) is 0.740. The fourth-order valence-corrected chi connectivity index (χ4v) is 3.49. The Morgan fingerprint density at radius 2 is 1.84 bits per heavy atom. The van der Waals surface area contributed by atoms with Crippen molar-refractivity contribution in [1.82, 2.24) is 14.8 Å². The third-order valence-electron chi connectivity index (χ3n) is 4.00. The van der Waals surface area contributed by atoms with Crippen LogP contribution in [0.25, 0.3) is 5.70 Å². The average Bonchev–Trinajstić information content (AvgIpc) is 3.05. The van der Waals surface area contributed by atoms with Crippen molar-refractivity contribution in [3.63, 3.8) is 0 Å². The van der Waals surface area contributed by atoms with Crippen LogP contribution in [0.15, 0.2) is 64.2 Å². The number of hydrogen-bond donors (Lipinski definition) is 1. The van der Waals surface area contributed by atoms with Crippen LogP contribution < -0.4 is 5.32 Å². The van der Waals surface area contributed by atoms with Crippen LogP contribution in [-0.2, 0) is 0 Å². The maximum atomic E-state index is 6.02. The topological polar surface area (TPSA) is 42.7 Å². The Morgan fingerprint density at radius 1 is 1.12 bits per heavy atom. The van der Waals surface area contributed by atoms with E-state index in [-0.39, 0.29) is 6.04 Å². The summed E-state index contributed by atoms with van der Waals surface area (Å²) in [6, 6.07) is 16.0. The fraction of sp³-hybridized carbons (Fsp3) is 0.111. The van der Waals surface area contributed by atoms with Crippen LogP contribution in [0.1, 0.15) is 17.2 Å². The molecule has 4 rings (SSSR count). The van der Waals surface area contributed by atoms with Gasteiger partial charge in [0.25, 0.3) is 0 Å². The summed E-state index contributed by atoms with van der Waals surface area (Å²) in [6.07, 6.45) is 4.14. The first-order chi connectivity index (χ1) is 12.1. The van der Waals surface area contributed by atoms with Gasteiger partial charge < -0.3 is 5.32 Å². The van der Waals surface area contributed by atoms with E-state index in [1.165, 1.54) is 11.8 Å². The zero-order valence-corrected chi connectivity index (χ0v) is 16.4. The molecule has 0 bridgehead atoms. The molecule has 0 saturated heterocycles. The second kappa shape index (κ2) is 6.86. The number of thioether (sulfide) groups is 1. The molecule has 1 aliphatic rings. The molecule has 1 N–H and O–H groups in total. The van der Waals surface area contributed by atoms with Crippen molar-refractivity contribution < 1.29 is 0 Å². The minimum atomic E-state index is -0.0246. The van der Waals surface area contributed by atoms with E-state index in [4.69, 9.17) is 11.6 Å². The standard InChI is InChI=1S/C18H14BrClN4S/c1-25-18-22-17-21-15(11-4-8-14(20)9-5-11)10-16(24(17)23-18)12-2-6-13(19)7-3-12/h2-10,16H,1H3,(H,21,22,23)/t16-/m1/s1. The molecule has 4 nitrogen and oxygen atoms in total. The maximum absolute atomic E-state index is 6.02. The van der Waals surface area contributed by atoms with Crippen LogP contribution in [0.2, 0.25) is 5.02 Å². The second-order valence-corrected chi connectivity index (χ2v) is 7.70. The van der Waals surface area contributed by atoms with E-state index in [2.05, 4.69) is 49.5 Å². The predicted molar refractivity (Wildman–Crippen MR) is 107 cm³/mol. The number of nitrogens with zero attached hydrogens (tertiary/aromatic N) is 3. The highest BCUT2D eigenvalue weighted by atomic mass is 79.9. The summed E-state index contributed by atoms with van der Waals surface area (Å²) in [5, 5.41) is 9.47. The van der Waals surface area contributed by atoms with E-state index in [1.807, 2.05) is 47.3 Å². The van der Waals surface area contributed by atoms with E-state index < -0.39 is 0 Å². The van der Waals surface area contributed by atoms with Crippen molar-refractivity contribution in [2.75, 3.05) is 11.6 Å². The number of nitrogens with one attached hydrogen (secondary N) is 1. The summed E-state index contributed by atoms with van der Waals surface area (Å²) < 4.78 is 2.98. The largest absolute Gasteiger partial charge is 0.324 e. The van der Waals surface area contributed by atoms with Gasteiger partial charge in [-0.2, -0.15) is 4.98 Å². The van der Waals surface area contributed by atoms with Crippen LogP contribution in [-0.4, -0.2) is 21.0 Å². The van der Waals surface area contributed by atoms with E-state index in [0.717, 1.165) is 37.4 Å². The molecule has 0 fully saturated rings. The molecule has 7 heteroatoms. The Bertz CT molecular complexity index is 935. The predicted octanol–water partition coefficient (Wildman–Crippen LogP) is 5.47. The van der Waals surface area contributed by atoms with E-state index in [0.29, 0.717) is 0 Å². The molecule has 3 aromatic rings. The molecule has 25 heavy (non-hydrogen) atoms. The normalized spacial score (nSPS) is 16.1. The molecule has 0 aliphatic carbocycles. The molecule has 0 saturated carbocycles. The quantitative estimate of drug-likeness (QED) is 0.556. The van der Waals surface area contributed by atoms with Crippen molar-refractivity contribution in [3.8, 4) is 0 Å². The van der Waals surface area contributed by atoms with Crippen molar-refractivity contribution in [2.45, 2.75) is 11.2 Å². The van der Waals surface area contributed by atoms with Gasteiger partial charge in [0.15, 0.2) is 0 Å². The third-order valence-corrected chi connectivity index (χ3v) is 5.31. The molecule has 2 heterocycles. The van der Waals surface area contributed by atoms with Gasteiger partial charge in [0.2, 0.25) is 11.1 Å². The molecule has 2 aromatic carbocycles. The Morgan fingerprint density at radius 3 is 2.52 bits per heavy atom. The lowest BCUT2D eigenvalue weighted by Gasteiger charge is -2.24. The van der Waals surface area contributed by atoms with Crippen LogP contribution >= 0.6 is 39.3 Å². The Labute approximate surface area is 163 Å². The molecule has 0 spiro atoms. The summed E-state index contributed by atoms with van der Waals surface area (Å²) in [7, 11) is 0. The SMILES string of the molecule is CSc1nc2n(n1)[C@@H](c1ccc(Br)cc1)C=C(c1ccc(Cl)cc1)N2. The Hall–Kier alpha value is -1.76. The first-order valence-electron chi connectivity index (χ1n) is 7.65. The molecular weight excluding hydrogens is 420 g/mol. The van der Waals surface area contributed by atoms with Gasteiger partial charge in [-0.05, 0) is 47.7 Å². The van der Waals surface area contributed by atoms with Gasteiger partial charge in [0, 0.05) is 15.2 Å². The van der Waals surface area contributed by atoms with Crippen LogP contribution in [0, 0.1) is 0 Å². The monoisotopic (exact) mass is 432 g/mol. The van der Waals surface area contributed by atoms with Gasteiger partial charge in [-0.1, -0.05) is 63.6 Å². The van der Waals surface area contributed by atoms with Crippen molar-refractivity contribution >= 4 is 50.9 Å².